The number of para-hydroxylation sites is 1. The van der Waals surface area contributed by atoms with E-state index in [0.29, 0.717) is 27.7 Å². The molecule has 0 aliphatic carbocycles. The number of hydrogen-bond acceptors (Lipinski definition) is 7. The molecule has 34 heavy (non-hydrogen) atoms. The van der Waals surface area contributed by atoms with Crippen LogP contribution in [0, 0.1) is 11.3 Å². The molecule has 1 N–H and O–H groups in total. The van der Waals surface area contributed by atoms with Crippen LogP contribution in [-0.2, 0) is 17.8 Å². The summed E-state index contributed by atoms with van der Waals surface area (Å²) in [6, 6.07) is 19.2. The Labute approximate surface area is 199 Å². The molecule has 2 aromatic heterocycles. The third kappa shape index (κ3) is 5.54. The van der Waals surface area contributed by atoms with Crippen molar-refractivity contribution in [3.8, 4) is 11.8 Å². The third-order valence-corrected chi connectivity index (χ3v) is 5.75. The zero-order valence-corrected chi connectivity index (χ0v) is 19.2. The molecule has 1 amide bonds. The number of nitrogens with one attached hydrogen (secondary N) is 1. The molecule has 0 atom stereocenters. The van der Waals surface area contributed by atoms with Crippen LogP contribution < -0.4 is 15.6 Å². The van der Waals surface area contributed by atoms with Gasteiger partial charge in [0.25, 0.3) is 11.5 Å². The summed E-state index contributed by atoms with van der Waals surface area (Å²) < 4.78 is 7.09. The van der Waals surface area contributed by atoms with E-state index in [9.17, 15) is 14.9 Å². The van der Waals surface area contributed by atoms with Gasteiger partial charge in [-0.25, -0.2) is 4.98 Å². The maximum Gasteiger partial charge on any atom is 0.275 e. The normalized spacial score (nSPS) is 11.2. The number of nitrogens with zero attached hydrogens (tertiary/aromatic N) is 4. The fraction of sp³-hybridized carbons (Fsp3) is 0.160. The number of carbonyl (C=O) groups is 1. The van der Waals surface area contributed by atoms with Crippen LogP contribution in [0.5, 0.6) is 5.75 Å². The van der Waals surface area contributed by atoms with Gasteiger partial charge in [-0.3, -0.25) is 9.59 Å². The lowest BCUT2D eigenvalue weighted by molar-refractivity contribution is -0.112. The Hall–Kier alpha value is -4.29. The molecular formula is C25H21N5O3S. The summed E-state index contributed by atoms with van der Waals surface area (Å²) in [5, 5.41) is 17.3. The monoisotopic (exact) mass is 471 g/mol. The van der Waals surface area contributed by atoms with Gasteiger partial charge in [0.05, 0.1) is 5.69 Å². The van der Waals surface area contributed by atoms with Crippen molar-refractivity contribution < 1.29 is 9.53 Å². The van der Waals surface area contributed by atoms with Crippen LogP contribution in [-0.4, -0.2) is 20.5 Å². The lowest BCUT2D eigenvalue weighted by Gasteiger charge is -2.06. The Kier molecular flexibility index (Phi) is 7.10. The quantitative estimate of drug-likeness (QED) is 0.304. The largest absolute Gasteiger partial charge is 0.487 e. The highest BCUT2D eigenvalue weighted by molar-refractivity contribution is 7.16. The molecule has 0 aliphatic heterocycles. The fourth-order valence-electron chi connectivity index (χ4n) is 3.14. The van der Waals surface area contributed by atoms with E-state index in [1.54, 1.807) is 48.5 Å². The van der Waals surface area contributed by atoms with Crippen LogP contribution in [0.4, 0.5) is 5.69 Å². The van der Waals surface area contributed by atoms with Gasteiger partial charge in [0.2, 0.25) is 4.96 Å². The summed E-state index contributed by atoms with van der Waals surface area (Å²) >= 11 is 1.40. The zero-order valence-electron chi connectivity index (χ0n) is 18.4. The average molecular weight is 472 g/mol. The SMILES string of the molecule is CCCc1nn2c(=O)cc(COc3ccc(C=C(C#N)C(=O)Nc4ccccc4)cc3)nc2s1. The molecule has 2 aromatic carbocycles. The average Bonchev–Trinajstić information content (AvgIpc) is 3.26. The second-order valence-electron chi connectivity index (χ2n) is 7.37. The minimum atomic E-state index is -0.480. The molecule has 0 unspecified atom stereocenters. The molecule has 8 nitrogen and oxygen atoms in total. The van der Waals surface area contributed by atoms with Crippen molar-refractivity contribution in [3.63, 3.8) is 0 Å². The number of aryl methyl sites for hydroxylation is 1. The predicted octanol–water partition coefficient (Wildman–Crippen LogP) is 4.23. The minimum absolute atomic E-state index is 0.0116. The van der Waals surface area contributed by atoms with Gasteiger partial charge in [0.1, 0.15) is 29.0 Å². The molecule has 2 heterocycles. The standard InChI is InChI=1S/C25H21N5O3S/c1-2-6-22-29-30-23(31)14-20(28-25(30)34-22)16-33-21-11-9-17(10-12-21)13-18(15-26)24(32)27-19-7-4-3-5-8-19/h3-5,7-14H,2,6,16H2,1H3,(H,27,32). The van der Waals surface area contributed by atoms with Crippen LogP contribution in [0.15, 0.2) is 71.0 Å². The van der Waals surface area contributed by atoms with Gasteiger partial charge >= 0.3 is 0 Å². The highest BCUT2D eigenvalue weighted by Crippen LogP contribution is 2.18. The number of amides is 1. The summed E-state index contributed by atoms with van der Waals surface area (Å²) in [6.07, 6.45) is 3.26. The van der Waals surface area contributed by atoms with Gasteiger partial charge in [-0.05, 0) is 42.3 Å². The number of fused-ring (bicyclic) bond motifs is 1. The maximum absolute atomic E-state index is 12.4. The van der Waals surface area contributed by atoms with Crippen molar-refractivity contribution in [1.29, 1.82) is 5.26 Å². The molecule has 0 saturated heterocycles. The van der Waals surface area contributed by atoms with Crippen LogP contribution in [0.2, 0.25) is 0 Å². The lowest BCUT2D eigenvalue weighted by atomic mass is 10.1. The van der Waals surface area contributed by atoms with Crippen molar-refractivity contribution in [2.75, 3.05) is 5.32 Å². The first-order chi connectivity index (χ1) is 16.6. The first-order valence-electron chi connectivity index (χ1n) is 10.7. The Bertz CT molecular complexity index is 1430. The highest BCUT2D eigenvalue weighted by Gasteiger charge is 2.11. The predicted molar refractivity (Wildman–Crippen MR) is 131 cm³/mol. The van der Waals surface area contributed by atoms with Crippen molar-refractivity contribution in [2.24, 2.45) is 0 Å². The Morgan fingerprint density at radius 1 is 1.21 bits per heavy atom. The second-order valence-corrected chi connectivity index (χ2v) is 8.41. The summed E-state index contributed by atoms with van der Waals surface area (Å²) in [6.45, 7) is 2.19. The van der Waals surface area contributed by atoms with Crippen LogP contribution in [0.1, 0.15) is 29.6 Å². The van der Waals surface area contributed by atoms with Crippen LogP contribution in [0.3, 0.4) is 0 Å². The van der Waals surface area contributed by atoms with Crippen molar-refractivity contribution in [1.82, 2.24) is 14.6 Å². The van der Waals surface area contributed by atoms with Gasteiger partial charge < -0.3 is 10.1 Å². The number of anilines is 1. The summed E-state index contributed by atoms with van der Waals surface area (Å²) in [7, 11) is 0. The van der Waals surface area contributed by atoms with Gasteiger partial charge in [0.15, 0.2) is 0 Å². The fourth-order valence-corrected chi connectivity index (χ4v) is 4.16. The van der Waals surface area contributed by atoms with E-state index in [1.165, 1.54) is 28.0 Å². The van der Waals surface area contributed by atoms with Gasteiger partial charge in [0, 0.05) is 18.2 Å². The molecule has 0 aliphatic rings. The van der Waals surface area contributed by atoms with E-state index in [0.717, 1.165) is 17.8 Å². The molecular weight excluding hydrogens is 450 g/mol. The first kappa shape index (κ1) is 22.9. The van der Waals surface area contributed by atoms with E-state index >= 15 is 0 Å². The molecule has 4 rings (SSSR count). The third-order valence-electron chi connectivity index (χ3n) is 4.78. The van der Waals surface area contributed by atoms with Crippen molar-refractivity contribution in [3.05, 3.63) is 92.9 Å². The second kappa shape index (κ2) is 10.6. The topological polar surface area (TPSA) is 109 Å². The number of hydrogen-bond donors (Lipinski definition) is 1. The maximum atomic E-state index is 12.4. The molecule has 0 radical (unpaired) electrons. The number of nitriles is 1. The minimum Gasteiger partial charge on any atom is -0.487 e. The summed E-state index contributed by atoms with van der Waals surface area (Å²) in [4.78, 5) is 29.7. The van der Waals surface area contributed by atoms with Gasteiger partial charge in [-0.2, -0.15) is 14.9 Å². The first-order valence-corrected chi connectivity index (χ1v) is 11.5. The Balaban J connectivity index is 1.42. The summed E-state index contributed by atoms with van der Waals surface area (Å²) in [5.41, 5.74) is 1.56. The van der Waals surface area contributed by atoms with Crippen molar-refractivity contribution in [2.45, 2.75) is 26.4 Å². The zero-order chi connectivity index (χ0) is 23.9. The van der Waals surface area contributed by atoms with E-state index < -0.39 is 5.91 Å². The lowest BCUT2D eigenvalue weighted by Crippen LogP contribution is -2.16. The Morgan fingerprint density at radius 2 is 1.97 bits per heavy atom. The molecule has 0 fully saturated rings. The molecule has 170 valence electrons. The number of carbonyl (C=O) groups excluding carboxylic acids is 1. The Morgan fingerprint density at radius 3 is 2.68 bits per heavy atom. The van der Waals surface area contributed by atoms with E-state index in [-0.39, 0.29) is 17.7 Å². The summed E-state index contributed by atoms with van der Waals surface area (Å²) in [5.74, 6) is 0.0920. The molecule has 4 aromatic rings. The van der Waals surface area contributed by atoms with E-state index in [1.807, 2.05) is 12.1 Å². The number of benzene rings is 2. The van der Waals surface area contributed by atoms with Gasteiger partial charge in [-0.1, -0.05) is 48.6 Å². The highest BCUT2D eigenvalue weighted by atomic mass is 32.1. The number of aromatic nitrogens is 3. The van der Waals surface area contributed by atoms with Crippen LogP contribution in [0.25, 0.3) is 11.0 Å². The molecule has 0 saturated carbocycles. The van der Waals surface area contributed by atoms with Crippen LogP contribution >= 0.6 is 11.3 Å². The molecule has 9 heteroatoms. The number of ether oxygens (including phenoxy) is 1. The van der Waals surface area contributed by atoms with Gasteiger partial charge in [-0.15, -0.1) is 0 Å². The van der Waals surface area contributed by atoms with E-state index in [4.69, 9.17) is 4.74 Å². The molecule has 0 bridgehead atoms. The smallest absolute Gasteiger partial charge is 0.275 e. The molecule has 0 spiro atoms. The van der Waals surface area contributed by atoms with Crippen molar-refractivity contribution >= 4 is 34.0 Å². The number of rotatable bonds is 8. The van der Waals surface area contributed by atoms with E-state index in [2.05, 4.69) is 22.3 Å².